The van der Waals surface area contributed by atoms with E-state index >= 15 is 0 Å². The standard InChI is InChI=1S/C20H22N2O4/c1-14(2)22-18(23)13-26-19(24)12-21-20(25)17-10-8-16(9-11-17)15-6-4-3-5-7-15/h3-11,14H,12-13H2,1-2H3,(H,21,25)(H,22,23). The molecule has 0 heterocycles. The van der Waals surface area contributed by atoms with Crippen LogP contribution in [0.4, 0.5) is 0 Å². The summed E-state index contributed by atoms with van der Waals surface area (Å²) in [5, 5.41) is 5.08. The van der Waals surface area contributed by atoms with E-state index in [0.29, 0.717) is 5.56 Å². The normalized spacial score (nSPS) is 10.3. The van der Waals surface area contributed by atoms with Gasteiger partial charge in [0.15, 0.2) is 6.61 Å². The highest BCUT2D eigenvalue weighted by atomic mass is 16.5. The van der Waals surface area contributed by atoms with E-state index in [1.54, 1.807) is 12.1 Å². The smallest absolute Gasteiger partial charge is 0.325 e. The average molecular weight is 354 g/mol. The number of hydrogen-bond acceptors (Lipinski definition) is 4. The Balaban J connectivity index is 1.80. The molecule has 0 aliphatic carbocycles. The maximum Gasteiger partial charge on any atom is 0.325 e. The maximum atomic E-state index is 12.1. The van der Waals surface area contributed by atoms with Crippen molar-refractivity contribution in [2.24, 2.45) is 0 Å². The van der Waals surface area contributed by atoms with Gasteiger partial charge in [-0.05, 0) is 37.1 Å². The van der Waals surface area contributed by atoms with Crippen molar-refractivity contribution < 1.29 is 19.1 Å². The van der Waals surface area contributed by atoms with E-state index in [-0.39, 0.29) is 31.0 Å². The second-order valence-corrected chi connectivity index (χ2v) is 6.01. The molecule has 0 fully saturated rings. The molecule has 0 aliphatic heterocycles. The van der Waals surface area contributed by atoms with Crippen molar-refractivity contribution in [2.45, 2.75) is 19.9 Å². The maximum absolute atomic E-state index is 12.1. The number of amides is 2. The van der Waals surface area contributed by atoms with Gasteiger partial charge in [-0.3, -0.25) is 14.4 Å². The summed E-state index contributed by atoms with van der Waals surface area (Å²) in [4.78, 5) is 35.1. The van der Waals surface area contributed by atoms with Gasteiger partial charge in [-0.15, -0.1) is 0 Å². The number of carbonyl (C=O) groups is 3. The molecule has 0 spiro atoms. The lowest BCUT2D eigenvalue weighted by Gasteiger charge is -2.09. The monoisotopic (exact) mass is 354 g/mol. The quantitative estimate of drug-likeness (QED) is 0.746. The molecule has 6 nitrogen and oxygen atoms in total. The van der Waals surface area contributed by atoms with E-state index in [1.165, 1.54) is 0 Å². The van der Waals surface area contributed by atoms with E-state index in [2.05, 4.69) is 10.6 Å². The predicted octanol–water partition coefficient (Wildman–Crippen LogP) is 2.15. The number of rotatable bonds is 7. The van der Waals surface area contributed by atoms with Crippen molar-refractivity contribution in [3.63, 3.8) is 0 Å². The van der Waals surface area contributed by atoms with E-state index in [0.717, 1.165) is 11.1 Å². The van der Waals surface area contributed by atoms with E-state index in [4.69, 9.17) is 4.74 Å². The van der Waals surface area contributed by atoms with Crippen LogP contribution in [0, 0.1) is 0 Å². The number of nitrogens with one attached hydrogen (secondary N) is 2. The molecule has 0 unspecified atom stereocenters. The minimum absolute atomic E-state index is 0.0280. The zero-order chi connectivity index (χ0) is 18.9. The Labute approximate surface area is 152 Å². The second-order valence-electron chi connectivity index (χ2n) is 6.01. The summed E-state index contributed by atoms with van der Waals surface area (Å²) < 4.78 is 4.80. The minimum Gasteiger partial charge on any atom is -0.454 e. The van der Waals surface area contributed by atoms with Crippen molar-refractivity contribution in [1.29, 1.82) is 0 Å². The SMILES string of the molecule is CC(C)NC(=O)COC(=O)CNC(=O)c1ccc(-c2ccccc2)cc1. The Bertz CT molecular complexity index is 755. The summed E-state index contributed by atoms with van der Waals surface area (Å²) in [6, 6.07) is 16.9. The van der Waals surface area contributed by atoms with Crippen LogP contribution in [0.5, 0.6) is 0 Å². The van der Waals surface area contributed by atoms with Crippen LogP contribution in [0.15, 0.2) is 54.6 Å². The van der Waals surface area contributed by atoms with Gasteiger partial charge in [-0.1, -0.05) is 42.5 Å². The Kier molecular flexibility index (Phi) is 6.91. The summed E-state index contributed by atoms with van der Waals surface area (Å²) in [7, 11) is 0. The van der Waals surface area contributed by atoms with Crippen molar-refractivity contribution in [3.05, 3.63) is 60.2 Å². The molecule has 0 aliphatic rings. The Morgan fingerprint density at radius 3 is 2.15 bits per heavy atom. The largest absolute Gasteiger partial charge is 0.454 e. The molecule has 0 radical (unpaired) electrons. The number of esters is 1. The van der Waals surface area contributed by atoms with Crippen LogP contribution in [0.2, 0.25) is 0 Å². The Morgan fingerprint density at radius 1 is 0.923 bits per heavy atom. The van der Waals surface area contributed by atoms with Crippen molar-refractivity contribution in [3.8, 4) is 11.1 Å². The van der Waals surface area contributed by atoms with Gasteiger partial charge in [-0.2, -0.15) is 0 Å². The molecular weight excluding hydrogens is 332 g/mol. The van der Waals surface area contributed by atoms with Crippen LogP contribution in [-0.4, -0.2) is 37.0 Å². The molecule has 2 amide bonds. The summed E-state index contributed by atoms with van der Waals surface area (Å²) in [5.74, 6) is -1.43. The predicted molar refractivity (Wildman–Crippen MR) is 98.4 cm³/mol. The summed E-state index contributed by atoms with van der Waals surface area (Å²) >= 11 is 0. The number of carbonyl (C=O) groups excluding carboxylic acids is 3. The van der Waals surface area contributed by atoms with E-state index < -0.39 is 5.97 Å². The van der Waals surface area contributed by atoms with E-state index in [9.17, 15) is 14.4 Å². The van der Waals surface area contributed by atoms with Gasteiger partial charge in [0.2, 0.25) is 0 Å². The first kappa shape index (κ1) is 19.2. The average Bonchev–Trinajstić information content (AvgIpc) is 2.64. The second kappa shape index (κ2) is 9.36. The molecule has 2 aromatic rings. The highest BCUT2D eigenvalue weighted by Gasteiger charge is 2.11. The van der Waals surface area contributed by atoms with Crippen LogP contribution in [0.1, 0.15) is 24.2 Å². The number of ether oxygens (including phenoxy) is 1. The van der Waals surface area contributed by atoms with Crippen LogP contribution in [0.25, 0.3) is 11.1 Å². The lowest BCUT2D eigenvalue weighted by molar-refractivity contribution is -0.147. The van der Waals surface area contributed by atoms with E-state index in [1.807, 2.05) is 56.3 Å². The van der Waals surface area contributed by atoms with Crippen LogP contribution in [-0.2, 0) is 14.3 Å². The fourth-order valence-corrected chi connectivity index (χ4v) is 2.26. The fraction of sp³-hybridized carbons (Fsp3) is 0.250. The zero-order valence-electron chi connectivity index (χ0n) is 14.8. The molecule has 2 N–H and O–H groups in total. The van der Waals surface area contributed by atoms with Gasteiger partial charge >= 0.3 is 5.97 Å². The first-order valence-electron chi connectivity index (χ1n) is 8.34. The third-order valence-electron chi connectivity index (χ3n) is 3.46. The van der Waals surface area contributed by atoms with Crippen molar-refractivity contribution in [1.82, 2.24) is 10.6 Å². The Morgan fingerprint density at radius 2 is 1.54 bits per heavy atom. The Hall–Kier alpha value is -3.15. The highest BCUT2D eigenvalue weighted by Crippen LogP contribution is 2.19. The summed E-state index contributed by atoms with van der Waals surface area (Å²) in [6.45, 7) is 2.96. The molecule has 0 saturated heterocycles. The van der Waals surface area contributed by atoms with Gasteiger partial charge in [0.05, 0.1) is 0 Å². The van der Waals surface area contributed by atoms with Crippen LogP contribution in [0.3, 0.4) is 0 Å². The van der Waals surface area contributed by atoms with Crippen LogP contribution < -0.4 is 10.6 Å². The van der Waals surface area contributed by atoms with Crippen molar-refractivity contribution >= 4 is 17.8 Å². The summed E-state index contributed by atoms with van der Waals surface area (Å²) in [5.41, 5.74) is 2.50. The third kappa shape index (κ3) is 6.05. The molecule has 0 atom stereocenters. The lowest BCUT2D eigenvalue weighted by atomic mass is 10.0. The molecule has 26 heavy (non-hydrogen) atoms. The van der Waals surface area contributed by atoms with Gasteiger partial charge in [0, 0.05) is 11.6 Å². The molecule has 2 rings (SSSR count). The molecule has 0 aromatic heterocycles. The number of benzene rings is 2. The zero-order valence-corrected chi connectivity index (χ0v) is 14.8. The first-order valence-corrected chi connectivity index (χ1v) is 8.34. The van der Waals surface area contributed by atoms with Gasteiger partial charge < -0.3 is 15.4 Å². The topological polar surface area (TPSA) is 84.5 Å². The highest BCUT2D eigenvalue weighted by molar-refractivity contribution is 5.96. The van der Waals surface area contributed by atoms with Crippen LogP contribution >= 0.6 is 0 Å². The fourth-order valence-electron chi connectivity index (χ4n) is 2.26. The van der Waals surface area contributed by atoms with Gasteiger partial charge in [-0.25, -0.2) is 0 Å². The molecule has 136 valence electrons. The van der Waals surface area contributed by atoms with Gasteiger partial charge in [0.1, 0.15) is 6.54 Å². The lowest BCUT2D eigenvalue weighted by Crippen LogP contribution is -2.36. The molecular formula is C20H22N2O4. The van der Waals surface area contributed by atoms with Gasteiger partial charge in [0.25, 0.3) is 11.8 Å². The molecule has 2 aromatic carbocycles. The minimum atomic E-state index is -0.668. The molecule has 0 bridgehead atoms. The third-order valence-corrected chi connectivity index (χ3v) is 3.46. The van der Waals surface area contributed by atoms with Crippen molar-refractivity contribution in [2.75, 3.05) is 13.2 Å². The molecule has 6 heteroatoms. The first-order chi connectivity index (χ1) is 12.5. The molecule has 0 saturated carbocycles. The summed E-state index contributed by atoms with van der Waals surface area (Å²) in [6.07, 6.45) is 0. The number of hydrogen-bond donors (Lipinski definition) is 2.